The van der Waals surface area contributed by atoms with E-state index in [0.29, 0.717) is 36.5 Å². The lowest BCUT2D eigenvalue weighted by molar-refractivity contribution is 0.0883. The van der Waals surface area contributed by atoms with Gasteiger partial charge in [-0.2, -0.15) is 5.26 Å². The van der Waals surface area contributed by atoms with E-state index in [2.05, 4.69) is 16.4 Å². The fourth-order valence-electron chi connectivity index (χ4n) is 3.60. The van der Waals surface area contributed by atoms with Crippen LogP contribution in [0.1, 0.15) is 33.6 Å². The van der Waals surface area contributed by atoms with Crippen LogP contribution in [0.4, 0.5) is 4.39 Å². The van der Waals surface area contributed by atoms with Crippen LogP contribution in [0, 0.1) is 17.1 Å². The van der Waals surface area contributed by atoms with Gasteiger partial charge in [0.2, 0.25) is 0 Å². The van der Waals surface area contributed by atoms with Crippen molar-refractivity contribution < 1.29 is 13.9 Å². The molecular formula is C23H18FN3O2. The SMILES string of the molecule is N#CCc1ccc(C2(NC(=O)c3ccc(F)cc3)CCOc3cccnc32)cc1. The molecule has 1 aromatic heterocycles. The maximum Gasteiger partial charge on any atom is 0.252 e. The van der Waals surface area contributed by atoms with Gasteiger partial charge in [-0.05, 0) is 47.5 Å². The monoisotopic (exact) mass is 387 g/mol. The van der Waals surface area contributed by atoms with E-state index in [1.54, 1.807) is 12.3 Å². The summed E-state index contributed by atoms with van der Waals surface area (Å²) in [6.45, 7) is 0.405. The summed E-state index contributed by atoms with van der Waals surface area (Å²) in [5.41, 5.74) is 1.82. The van der Waals surface area contributed by atoms with Crippen LogP contribution in [-0.4, -0.2) is 17.5 Å². The highest BCUT2D eigenvalue weighted by Crippen LogP contribution is 2.40. The third-order valence-corrected chi connectivity index (χ3v) is 5.07. The number of nitrogens with one attached hydrogen (secondary N) is 1. The predicted molar refractivity (Wildman–Crippen MR) is 105 cm³/mol. The van der Waals surface area contributed by atoms with Gasteiger partial charge in [0.1, 0.15) is 22.8 Å². The molecule has 0 saturated heterocycles. The number of benzene rings is 2. The predicted octanol–water partition coefficient (Wildman–Crippen LogP) is 3.74. The van der Waals surface area contributed by atoms with Crippen molar-refractivity contribution in [2.24, 2.45) is 0 Å². The number of nitriles is 1. The number of halogens is 1. The summed E-state index contributed by atoms with van der Waals surface area (Å²) in [6, 6.07) is 18.7. The number of amides is 1. The maximum absolute atomic E-state index is 13.3. The summed E-state index contributed by atoms with van der Waals surface area (Å²) in [5, 5.41) is 12.0. The number of fused-ring (bicyclic) bond motifs is 1. The molecule has 29 heavy (non-hydrogen) atoms. The molecule has 1 aliphatic heterocycles. The van der Waals surface area contributed by atoms with E-state index in [0.717, 1.165) is 11.1 Å². The third kappa shape index (κ3) is 3.55. The zero-order chi connectivity index (χ0) is 20.3. The van der Waals surface area contributed by atoms with Crippen LogP contribution in [-0.2, 0) is 12.0 Å². The van der Waals surface area contributed by atoms with Crippen LogP contribution in [0.3, 0.4) is 0 Å². The molecule has 5 nitrogen and oxygen atoms in total. The quantitative estimate of drug-likeness (QED) is 0.740. The van der Waals surface area contributed by atoms with Gasteiger partial charge in [-0.3, -0.25) is 9.78 Å². The van der Waals surface area contributed by atoms with Gasteiger partial charge < -0.3 is 10.1 Å². The average Bonchev–Trinajstić information content (AvgIpc) is 2.75. The Morgan fingerprint density at radius 2 is 1.93 bits per heavy atom. The Morgan fingerprint density at radius 1 is 1.17 bits per heavy atom. The van der Waals surface area contributed by atoms with Gasteiger partial charge in [0.05, 0.1) is 19.1 Å². The minimum Gasteiger partial charge on any atom is -0.491 e. The van der Waals surface area contributed by atoms with E-state index < -0.39 is 11.4 Å². The molecule has 4 rings (SSSR count). The Balaban J connectivity index is 1.79. The summed E-state index contributed by atoms with van der Waals surface area (Å²) in [6.07, 6.45) is 2.46. The molecule has 1 amide bonds. The zero-order valence-corrected chi connectivity index (χ0v) is 15.6. The van der Waals surface area contributed by atoms with Crippen molar-refractivity contribution in [2.45, 2.75) is 18.4 Å². The molecule has 0 spiro atoms. The first kappa shape index (κ1) is 18.6. The normalized spacial score (nSPS) is 17.5. The Labute approximate surface area is 167 Å². The molecule has 0 radical (unpaired) electrons. The van der Waals surface area contributed by atoms with Crippen LogP contribution in [0.25, 0.3) is 0 Å². The van der Waals surface area contributed by atoms with Crippen molar-refractivity contribution in [3.8, 4) is 11.8 Å². The van der Waals surface area contributed by atoms with E-state index in [1.165, 1.54) is 24.3 Å². The summed E-state index contributed by atoms with van der Waals surface area (Å²) in [4.78, 5) is 17.6. The average molecular weight is 387 g/mol. The van der Waals surface area contributed by atoms with Crippen LogP contribution in [0.15, 0.2) is 66.9 Å². The van der Waals surface area contributed by atoms with Gasteiger partial charge in [0, 0.05) is 18.2 Å². The summed E-state index contributed by atoms with van der Waals surface area (Å²) >= 11 is 0. The first-order valence-corrected chi connectivity index (χ1v) is 9.25. The van der Waals surface area contributed by atoms with Crippen molar-refractivity contribution >= 4 is 5.91 Å². The van der Waals surface area contributed by atoms with E-state index in [9.17, 15) is 9.18 Å². The van der Waals surface area contributed by atoms with E-state index in [1.807, 2.05) is 30.3 Å². The highest BCUT2D eigenvalue weighted by molar-refractivity contribution is 5.95. The van der Waals surface area contributed by atoms with E-state index in [4.69, 9.17) is 10.00 Å². The largest absolute Gasteiger partial charge is 0.491 e. The number of nitrogens with zero attached hydrogens (tertiary/aromatic N) is 2. The lowest BCUT2D eigenvalue weighted by Gasteiger charge is -2.39. The number of rotatable bonds is 4. The second-order valence-corrected chi connectivity index (χ2v) is 6.85. The molecule has 144 valence electrons. The standard InChI is InChI=1S/C23H18FN3O2/c24-19-9-5-17(6-10-19)22(28)27-23(18-7-3-16(4-8-18)11-13-25)12-15-29-20-2-1-14-26-21(20)23/h1-10,14H,11-12,15H2,(H,27,28). The highest BCUT2D eigenvalue weighted by Gasteiger charge is 2.42. The fourth-order valence-corrected chi connectivity index (χ4v) is 3.60. The number of carbonyl (C=O) groups is 1. The molecule has 0 aliphatic carbocycles. The second-order valence-electron chi connectivity index (χ2n) is 6.85. The van der Waals surface area contributed by atoms with Crippen molar-refractivity contribution in [3.05, 3.63) is 95.1 Å². The Kier molecular flexibility index (Phi) is 4.96. The van der Waals surface area contributed by atoms with Crippen molar-refractivity contribution in [3.63, 3.8) is 0 Å². The summed E-state index contributed by atoms with van der Waals surface area (Å²) < 4.78 is 19.0. The molecule has 0 bridgehead atoms. The number of ether oxygens (including phenoxy) is 1. The number of hydrogen-bond donors (Lipinski definition) is 1. The molecule has 1 unspecified atom stereocenters. The van der Waals surface area contributed by atoms with Gasteiger partial charge >= 0.3 is 0 Å². The van der Waals surface area contributed by atoms with Gasteiger partial charge in [-0.15, -0.1) is 0 Å². The summed E-state index contributed by atoms with van der Waals surface area (Å²) in [7, 11) is 0. The summed E-state index contributed by atoms with van der Waals surface area (Å²) in [5.74, 6) is -0.119. The van der Waals surface area contributed by atoms with Gasteiger partial charge in [0.25, 0.3) is 5.91 Å². The maximum atomic E-state index is 13.3. The molecule has 1 atom stereocenters. The van der Waals surface area contributed by atoms with E-state index >= 15 is 0 Å². The lowest BCUT2D eigenvalue weighted by atomic mass is 9.80. The minimum absolute atomic E-state index is 0.313. The molecule has 0 fully saturated rings. The van der Waals surface area contributed by atoms with Gasteiger partial charge in [-0.1, -0.05) is 24.3 Å². The number of pyridine rings is 1. The van der Waals surface area contributed by atoms with Gasteiger partial charge in [-0.25, -0.2) is 4.39 Å². The molecule has 1 aliphatic rings. The topological polar surface area (TPSA) is 75.0 Å². The van der Waals surface area contributed by atoms with Crippen molar-refractivity contribution in [2.75, 3.05) is 6.61 Å². The molecule has 3 aromatic rings. The third-order valence-electron chi connectivity index (χ3n) is 5.07. The Hall–Kier alpha value is -3.72. The second kappa shape index (κ2) is 7.72. The van der Waals surface area contributed by atoms with Crippen LogP contribution >= 0.6 is 0 Å². The smallest absolute Gasteiger partial charge is 0.252 e. The Bertz CT molecular complexity index is 1070. The molecular weight excluding hydrogens is 369 g/mol. The highest BCUT2D eigenvalue weighted by atomic mass is 19.1. The minimum atomic E-state index is -0.897. The number of hydrogen-bond acceptors (Lipinski definition) is 4. The lowest BCUT2D eigenvalue weighted by Crippen LogP contribution is -2.50. The molecule has 1 N–H and O–H groups in total. The van der Waals surface area contributed by atoms with E-state index in [-0.39, 0.29) is 5.91 Å². The van der Waals surface area contributed by atoms with Crippen LogP contribution in [0.2, 0.25) is 0 Å². The van der Waals surface area contributed by atoms with Crippen LogP contribution < -0.4 is 10.1 Å². The number of aromatic nitrogens is 1. The van der Waals surface area contributed by atoms with Crippen molar-refractivity contribution in [1.82, 2.24) is 10.3 Å². The first-order valence-electron chi connectivity index (χ1n) is 9.25. The molecule has 6 heteroatoms. The van der Waals surface area contributed by atoms with Gasteiger partial charge in [0.15, 0.2) is 0 Å². The zero-order valence-electron chi connectivity index (χ0n) is 15.6. The fraction of sp³-hybridized carbons (Fsp3) is 0.174. The van der Waals surface area contributed by atoms with Crippen LogP contribution in [0.5, 0.6) is 5.75 Å². The first-order chi connectivity index (χ1) is 14.1. The molecule has 2 aromatic carbocycles. The Morgan fingerprint density at radius 3 is 2.66 bits per heavy atom. The van der Waals surface area contributed by atoms with Crippen molar-refractivity contribution in [1.29, 1.82) is 5.26 Å². The number of carbonyl (C=O) groups excluding carboxylic acids is 1. The molecule has 0 saturated carbocycles. The molecule has 2 heterocycles.